The van der Waals surface area contributed by atoms with Crippen LogP contribution in [0.2, 0.25) is 0 Å². The van der Waals surface area contributed by atoms with Crippen molar-refractivity contribution in [2.24, 2.45) is 0 Å². The van der Waals surface area contributed by atoms with Crippen LogP contribution in [0.4, 0.5) is 4.39 Å². The van der Waals surface area contributed by atoms with Crippen molar-refractivity contribution in [2.75, 3.05) is 13.7 Å². The van der Waals surface area contributed by atoms with Gasteiger partial charge in [0.2, 0.25) is 5.91 Å². The molecule has 2 aromatic carbocycles. The Morgan fingerprint density at radius 2 is 1.96 bits per heavy atom. The Labute approximate surface area is 168 Å². The van der Waals surface area contributed by atoms with Gasteiger partial charge in [-0.3, -0.25) is 4.79 Å². The van der Waals surface area contributed by atoms with Gasteiger partial charge in [0.25, 0.3) is 0 Å². The third-order valence-corrected chi connectivity index (χ3v) is 5.70. The minimum absolute atomic E-state index is 0.0309. The monoisotopic (exact) mass is 398 g/mol. The van der Waals surface area contributed by atoms with Gasteiger partial charge in [-0.1, -0.05) is 24.3 Å². The molecule has 0 aliphatic heterocycles. The third kappa shape index (κ3) is 5.39. The van der Waals surface area contributed by atoms with Crippen LogP contribution >= 0.6 is 11.3 Å². The molecule has 1 amide bonds. The van der Waals surface area contributed by atoms with E-state index >= 15 is 0 Å². The van der Waals surface area contributed by atoms with Crippen molar-refractivity contribution in [3.8, 4) is 16.3 Å². The van der Waals surface area contributed by atoms with Gasteiger partial charge < -0.3 is 10.1 Å². The van der Waals surface area contributed by atoms with Gasteiger partial charge in [0.1, 0.15) is 16.6 Å². The van der Waals surface area contributed by atoms with Gasteiger partial charge in [0.05, 0.1) is 12.8 Å². The van der Waals surface area contributed by atoms with Gasteiger partial charge >= 0.3 is 0 Å². The Balaban J connectivity index is 1.47. The molecule has 146 valence electrons. The number of aryl methyl sites for hydroxylation is 2. The predicted octanol–water partition coefficient (Wildman–Crippen LogP) is 4.56. The zero-order valence-corrected chi connectivity index (χ0v) is 16.8. The number of amides is 1. The maximum atomic E-state index is 13.4. The number of hydrogen-bond donors (Lipinski definition) is 1. The first-order valence-electron chi connectivity index (χ1n) is 9.17. The molecule has 1 heterocycles. The average molecular weight is 399 g/mol. The number of halogens is 1. The number of nitrogens with zero attached hydrogens (tertiary/aromatic N) is 1. The Morgan fingerprint density at radius 1 is 1.18 bits per heavy atom. The van der Waals surface area contributed by atoms with Gasteiger partial charge in [0, 0.05) is 29.8 Å². The second kappa shape index (κ2) is 9.46. The minimum Gasteiger partial charge on any atom is -0.497 e. The van der Waals surface area contributed by atoms with Gasteiger partial charge in [-0.25, -0.2) is 9.37 Å². The summed E-state index contributed by atoms with van der Waals surface area (Å²) in [6.45, 7) is 2.51. The van der Waals surface area contributed by atoms with Gasteiger partial charge in [0.15, 0.2) is 0 Å². The van der Waals surface area contributed by atoms with Crippen molar-refractivity contribution in [1.29, 1.82) is 0 Å². The summed E-state index contributed by atoms with van der Waals surface area (Å²) in [5.41, 5.74) is 2.81. The van der Waals surface area contributed by atoms with E-state index in [9.17, 15) is 9.18 Å². The smallest absolute Gasteiger partial charge is 0.220 e. The molecule has 0 saturated carbocycles. The highest BCUT2D eigenvalue weighted by atomic mass is 32.1. The summed E-state index contributed by atoms with van der Waals surface area (Å²) < 4.78 is 18.5. The summed E-state index contributed by atoms with van der Waals surface area (Å²) in [6, 6.07) is 14.2. The van der Waals surface area contributed by atoms with E-state index in [0.29, 0.717) is 25.8 Å². The molecular weight excluding hydrogens is 375 g/mol. The summed E-state index contributed by atoms with van der Waals surface area (Å²) in [5.74, 6) is 0.574. The van der Waals surface area contributed by atoms with Crippen LogP contribution in [-0.2, 0) is 17.6 Å². The molecule has 0 radical (unpaired) electrons. The summed E-state index contributed by atoms with van der Waals surface area (Å²) in [7, 11) is 1.63. The highest BCUT2D eigenvalue weighted by Gasteiger charge is 2.10. The number of carbonyl (C=O) groups excluding carboxylic acids is 1. The van der Waals surface area contributed by atoms with Crippen LogP contribution in [0.3, 0.4) is 0 Å². The first-order valence-corrected chi connectivity index (χ1v) is 9.98. The van der Waals surface area contributed by atoms with Crippen LogP contribution < -0.4 is 10.1 Å². The van der Waals surface area contributed by atoms with Crippen molar-refractivity contribution < 1.29 is 13.9 Å². The number of hydrogen-bond acceptors (Lipinski definition) is 4. The first-order chi connectivity index (χ1) is 13.5. The quantitative estimate of drug-likeness (QED) is 0.605. The van der Waals surface area contributed by atoms with Gasteiger partial charge in [-0.15, -0.1) is 11.3 Å². The molecule has 1 aromatic heterocycles. The van der Waals surface area contributed by atoms with E-state index in [-0.39, 0.29) is 11.7 Å². The molecule has 0 atom stereocenters. The highest BCUT2D eigenvalue weighted by Crippen LogP contribution is 2.28. The van der Waals surface area contributed by atoms with Crippen LogP contribution in [0.25, 0.3) is 10.6 Å². The summed E-state index contributed by atoms with van der Waals surface area (Å²) in [6.07, 6.45) is 1.86. The fourth-order valence-electron chi connectivity index (χ4n) is 2.86. The second-order valence-electron chi connectivity index (χ2n) is 6.49. The lowest BCUT2D eigenvalue weighted by Crippen LogP contribution is -2.25. The van der Waals surface area contributed by atoms with Gasteiger partial charge in [-0.2, -0.15) is 0 Å². The van der Waals surface area contributed by atoms with E-state index in [2.05, 4.69) is 10.3 Å². The topological polar surface area (TPSA) is 51.2 Å². The molecule has 3 rings (SSSR count). The Hall–Kier alpha value is -2.73. The maximum Gasteiger partial charge on any atom is 0.220 e. The van der Waals surface area contributed by atoms with Crippen molar-refractivity contribution in [1.82, 2.24) is 10.3 Å². The largest absolute Gasteiger partial charge is 0.497 e. The van der Waals surface area contributed by atoms with Crippen molar-refractivity contribution in [2.45, 2.75) is 26.2 Å². The number of rotatable bonds is 8. The number of methoxy groups -OCH3 is 1. The lowest BCUT2D eigenvalue weighted by molar-refractivity contribution is -0.121. The van der Waals surface area contributed by atoms with Crippen LogP contribution in [0.5, 0.6) is 5.75 Å². The van der Waals surface area contributed by atoms with Crippen LogP contribution in [0, 0.1) is 12.7 Å². The molecule has 3 aromatic rings. The Morgan fingerprint density at radius 3 is 2.68 bits per heavy atom. The molecule has 4 nitrogen and oxygen atoms in total. The van der Waals surface area contributed by atoms with Crippen molar-refractivity contribution in [3.63, 3.8) is 0 Å². The highest BCUT2D eigenvalue weighted by molar-refractivity contribution is 7.15. The Kier molecular flexibility index (Phi) is 6.76. The number of carbonyl (C=O) groups is 1. The van der Waals surface area contributed by atoms with Crippen LogP contribution in [0.1, 0.15) is 22.6 Å². The number of benzene rings is 2. The second-order valence-corrected chi connectivity index (χ2v) is 7.57. The van der Waals surface area contributed by atoms with Gasteiger partial charge in [-0.05, 0) is 43.2 Å². The van der Waals surface area contributed by atoms with E-state index in [4.69, 9.17) is 4.74 Å². The van der Waals surface area contributed by atoms with E-state index in [1.807, 2.05) is 37.3 Å². The summed E-state index contributed by atoms with van der Waals surface area (Å²) in [5, 5.41) is 3.77. The Bertz CT molecular complexity index is 938. The summed E-state index contributed by atoms with van der Waals surface area (Å²) >= 11 is 1.55. The predicted molar refractivity (Wildman–Crippen MR) is 110 cm³/mol. The molecule has 0 bridgehead atoms. The van der Waals surface area contributed by atoms with Crippen molar-refractivity contribution >= 4 is 17.2 Å². The fourth-order valence-corrected chi connectivity index (χ4v) is 3.92. The standard InChI is InChI=1S/C22H23FN2O2S/c1-15-20(28-22(25-15)17-4-3-5-18(23)14-17)12-13-24-21(26)11-8-16-6-9-19(27-2)10-7-16/h3-7,9-10,14H,8,11-13H2,1-2H3,(H,24,26). The third-order valence-electron chi connectivity index (χ3n) is 4.44. The maximum absolute atomic E-state index is 13.4. The van der Waals surface area contributed by atoms with Crippen molar-refractivity contribution in [3.05, 3.63) is 70.5 Å². The van der Waals surface area contributed by atoms with E-state index in [1.54, 1.807) is 24.5 Å². The fraction of sp³-hybridized carbons (Fsp3) is 0.273. The zero-order valence-electron chi connectivity index (χ0n) is 16.0. The molecular formula is C22H23FN2O2S. The van der Waals surface area contributed by atoms with E-state index in [0.717, 1.165) is 32.5 Å². The lowest BCUT2D eigenvalue weighted by Gasteiger charge is -2.06. The van der Waals surface area contributed by atoms with Crippen LogP contribution in [0.15, 0.2) is 48.5 Å². The molecule has 0 aliphatic rings. The minimum atomic E-state index is -0.268. The van der Waals surface area contributed by atoms with E-state index in [1.165, 1.54) is 12.1 Å². The number of thiazole rings is 1. The van der Waals surface area contributed by atoms with Crippen LogP contribution in [-0.4, -0.2) is 24.5 Å². The molecule has 6 heteroatoms. The number of ether oxygens (including phenoxy) is 1. The molecule has 28 heavy (non-hydrogen) atoms. The molecule has 0 spiro atoms. The zero-order chi connectivity index (χ0) is 19.9. The normalized spacial score (nSPS) is 10.7. The molecule has 0 saturated heterocycles. The molecule has 0 fully saturated rings. The lowest BCUT2D eigenvalue weighted by atomic mass is 10.1. The number of aromatic nitrogens is 1. The number of nitrogens with one attached hydrogen (secondary N) is 1. The summed E-state index contributed by atoms with van der Waals surface area (Å²) in [4.78, 5) is 17.7. The average Bonchev–Trinajstić information content (AvgIpc) is 3.07. The molecule has 1 N–H and O–H groups in total. The SMILES string of the molecule is COc1ccc(CCC(=O)NCCc2sc(-c3cccc(F)c3)nc2C)cc1. The molecule has 0 aliphatic carbocycles. The first kappa shape index (κ1) is 20.0. The molecule has 0 unspecified atom stereocenters. The van der Waals surface area contributed by atoms with E-state index < -0.39 is 0 Å².